The fourth-order valence-corrected chi connectivity index (χ4v) is 3.83. The molecular formula is C16H15ClO3S. The number of carbonyl (C=O) groups excluding carboxylic acids is 1. The third kappa shape index (κ3) is 3.71. The summed E-state index contributed by atoms with van der Waals surface area (Å²) in [5.74, 6) is -1.02. The van der Waals surface area contributed by atoms with Gasteiger partial charge in [-0.1, -0.05) is 41.4 Å². The molecule has 0 aliphatic rings. The van der Waals surface area contributed by atoms with Gasteiger partial charge in [-0.15, -0.1) is 0 Å². The van der Waals surface area contributed by atoms with Crippen LogP contribution in [-0.4, -0.2) is 20.0 Å². The largest absolute Gasteiger partial charge is 0.293 e. The van der Waals surface area contributed by atoms with E-state index in [-0.39, 0.29) is 4.90 Å². The molecule has 2 aromatic rings. The Morgan fingerprint density at radius 3 is 2.43 bits per heavy atom. The molecule has 5 heteroatoms. The van der Waals surface area contributed by atoms with Gasteiger partial charge in [-0.25, -0.2) is 8.42 Å². The molecule has 0 N–H and O–H groups in total. The molecule has 0 heterocycles. The van der Waals surface area contributed by atoms with E-state index in [0.29, 0.717) is 16.1 Å². The highest BCUT2D eigenvalue weighted by Gasteiger charge is 2.22. The van der Waals surface area contributed by atoms with E-state index < -0.39 is 21.4 Å². The fourth-order valence-electron chi connectivity index (χ4n) is 2.14. The summed E-state index contributed by atoms with van der Waals surface area (Å²) in [5.41, 5.74) is 1.93. The zero-order chi connectivity index (χ0) is 15.6. The summed E-state index contributed by atoms with van der Waals surface area (Å²) >= 11 is 5.82. The Balaban J connectivity index is 2.31. The van der Waals surface area contributed by atoms with Gasteiger partial charge < -0.3 is 0 Å². The third-order valence-electron chi connectivity index (χ3n) is 3.13. The molecule has 21 heavy (non-hydrogen) atoms. The number of rotatable bonds is 4. The van der Waals surface area contributed by atoms with Crippen molar-refractivity contribution < 1.29 is 13.2 Å². The average Bonchev–Trinajstić information content (AvgIpc) is 2.37. The first kappa shape index (κ1) is 15.7. The van der Waals surface area contributed by atoms with Gasteiger partial charge >= 0.3 is 0 Å². The maximum Gasteiger partial charge on any atom is 0.186 e. The second-order valence-corrected chi connectivity index (χ2v) is 7.36. The number of carbonyl (C=O) groups is 1. The van der Waals surface area contributed by atoms with Gasteiger partial charge in [-0.05, 0) is 37.6 Å². The molecule has 0 atom stereocenters. The van der Waals surface area contributed by atoms with Crippen molar-refractivity contribution in [3.63, 3.8) is 0 Å². The topological polar surface area (TPSA) is 51.2 Å². The van der Waals surface area contributed by atoms with E-state index in [9.17, 15) is 13.2 Å². The lowest BCUT2D eigenvalue weighted by Gasteiger charge is -2.08. The minimum absolute atomic E-state index is 0.198. The van der Waals surface area contributed by atoms with Gasteiger partial charge in [0.25, 0.3) is 0 Å². The van der Waals surface area contributed by atoms with Crippen LogP contribution >= 0.6 is 11.6 Å². The minimum Gasteiger partial charge on any atom is -0.293 e. The molecule has 0 saturated carbocycles. The predicted molar refractivity (Wildman–Crippen MR) is 83.8 cm³/mol. The van der Waals surface area contributed by atoms with E-state index in [1.54, 1.807) is 43.3 Å². The van der Waals surface area contributed by atoms with E-state index in [1.807, 2.05) is 6.92 Å². The first-order chi connectivity index (χ1) is 9.79. The Hall–Kier alpha value is -1.65. The van der Waals surface area contributed by atoms with Crippen LogP contribution in [0.25, 0.3) is 0 Å². The first-order valence-corrected chi connectivity index (χ1v) is 8.41. The molecule has 2 rings (SSSR count). The normalized spacial score (nSPS) is 11.4. The lowest BCUT2D eigenvalue weighted by Crippen LogP contribution is -2.17. The Kier molecular flexibility index (Phi) is 4.49. The van der Waals surface area contributed by atoms with Gasteiger partial charge in [-0.2, -0.15) is 0 Å². The highest BCUT2D eigenvalue weighted by atomic mass is 35.5. The Labute approximate surface area is 129 Å². The van der Waals surface area contributed by atoms with Crippen molar-refractivity contribution in [3.05, 3.63) is 64.2 Å². The zero-order valence-electron chi connectivity index (χ0n) is 11.8. The highest BCUT2D eigenvalue weighted by molar-refractivity contribution is 7.92. The number of benzene rings is 2. The lowest BCUT2D eigenvalue weighted by molar-refractivity contribution is 0.102. The van der Waals surface area contributed by atoms with Crippen LogP contribution in [0.4, 0.5) is 0 Å². The van der Waals surface area contributed by atoms with E-state index in [2.05, 4.69) is 0 Å². The van der Waals surface area contributed by atoms with Gasteiger partial charge in [0.05, 0.1) is 4.90 Å². The summed E-state index contributed by atoms with van der Waals surface area (Å²) in [7, 11) is -3.66. The molecule has 110 valence electrons. The number of hydrogen-bond acceptors (Lipinski definition) is 3. The van der Waals surface area contributed by atoms with Gasteiger partial charge in [0.1, 0.15) is 5.75 Å². The highest BCUT2D eigenvalue weighted by Crippen LogP contribution is 2.19. The minimum atomic E-state index is -3.66. The van der Waals surface area contributed by atoms with Crippen LogP contribution in [0.1, 0.15) is 21.5 Å². The molecule has 0 saturated heterocycles. The van der Waals surface area contributed by atoms with Crippen molar-refractivity contribution >= 4 is 27.2 Å². The number of halogens is 1. The molecule has 0 radical (unpaired) electrons. The quantitative estimate of drug-likeness (QED) is 0.808. The van der Waals surface area contributed by atoms with Crippen molar-refractivity contribution in [2.24, 2.45) is 0 Å². The predicted octanol–water partition coefficient (Wildman–Crippen LogP) is 3.61. The van der Waals surface area contributed by atoms with Crippen LogP contribution in [0.3, 0.4) is 0 Å². The molecular weight excluding hydrogens is 308 g/mol. The first-order valence-electron chi connectivity index (χ1n) is 6.38. The molecule has 0 aliphatic carbocycles. The van der Waals surface area contributed by atoms with E-state index in [0.717, 1.165) is 5.56 Å². The van der Waals surface area contributed by atoms with Crippen LogP contribution in [0.15, 0.2) is 47.4 Å². The molecule has 0 amide bonds. The lowest BCUT2D eigenvalue weighted by atomic mass is 10.1. The molecule has 0 unspecified atom stereocenters. The average molecular weight is 323 g/mol. The SMILES string of the molecule is Cc1ccc(S(=O)(=O)CC(=O)c2cccc(Cl)c2)c(C)c1. The number of hydrogen-bond donors (Lipinski definition) is 0. The number of ketones is 1. The van der Waals surface area contributed by atoms with Crippen molar-refractivity contribution in [3.8, 4) is 0 Å². The van der Waals surface area contributed by atoms with E-state index in [4.69, 9.17) is 11.6 Å². The van der Waals surface area contributed by atoms with Crippen molar-refractivity contribution in [1.82, 2.24) is 0 Å². The van der Waals surface area contributed by atoms with Crippen LogP contribution in [0, 0.1) is 13.8 Å². The summed E-state index contributed by atoms with van der Waals surface area (Å²) in [6.07, 6.45) is 0. The number of Topliss-reactive ketones (excluding diaryl/α,β-unsaturated/α-hetero) is 1. The number of sulfone groups is 1. The summed E-state index contributed by atoms with van der Waals surface area (Å²) < 4.78 is 24.8. The maximum absolute atomic E-state index is 12.4. The van der Waals surface area contributed by atoms with Crippen molar-refractivity contribution in [2.75, 3.05) is 5.75 Å². The van der Waals surface area contributed by atoms with Crippen LogP contribution in [-0.2, 0) is 9.84 Å². The summed E-state index contributed by atoms with van der Waals surface area (Å²) in [5, 5.41) is 0.407. The van der Waals surface area contributed by atoms with Crippen molar-refractivity contribution in [2.45, 2.75) is 18.7 Å². The molecule has 0 aromatic heterocycles. The van der Waals surface area contributed by atoms with Gasteiger partial charge in [0.2, 0.25) is 0 Å². The number of aryl methyl sites for hydroxylation is 2. The molecule has 3 nitrogen and oxygen atoms in total. The second kappa shape index (κ2) is 6.00. The molecule has 0 aliphatic heterocycles. The van der Waals surface area contributed by atoms with Crippen LogP contribution in [0.2, 0.25) is 5.02 Å². The maximum atomic E-state index is 12.4. The monoisotopic (exact) mass is 322 g/mol. The molecule has 0 fully saturated rings. The van der Waals surface area contributed by atoms with Crippen molar-refractivity contribution in [1.29, 1.82) is 0 Å². The van der Waals surface area contributed by atoms with E-state index in [1.165, 1.54) is 6.07 Å². The smallest absolute Gasteiger partial charge is 0.186 e. The Morgan fingerprint density at radius 1 is 1.10 bits per heavy atom. The van der Waals surface area contributed by atoms with Crippen LogP contribution in [0.5, 0.6) is 0 Å². The van der Waals surface area contributed by atoms with Crippen LogP contribution < -0.4 is 0 Å². The molecule has 2 aromatic carbocycles. The molecule has 0 bridgehead atoms. The third-order valence-corrected chi connectivity index (χ3v) is 5.14. The van der Waals surface area contributed by atoms with Gasteiger partial charge in [0.15, 0.2) is 15.6 Å². The zero-order valence-corrected chi connectivity index (χ0v) is 13.3. The summed E-state index contributed by atoms with van der Waals surface area (Å²) in [4.78, 5) is 12.3. The van der Waals surface area contributed by atoms with Gasteiger partial charge in [-0.3, -0.25) is 4.79 Å². The van der Waals surface area contributed by atoms with E-state index >= 15 is 0 Å². The Morgan fingerprint density at radius 2 is 1.81 bits per heavy atom. The summed E-state index contributed by atoms with van der Waals surface area (Å²) in [6, 6.07) is 11.4. The summed E-state index contributed by atoms with van der Waals surface area (Å²) in [6.45, 7) is 3.62. The molecule has 0 spiro atoms. The Bertz CT molecular complexity index is 795. The van der Waals surface area contributed by atoms with Gasteiger partial charge in [0, 0.05) is 10.6 Å². The second-order valence-electron chi connectivity index (χ2n) is 4.96. The fraction of sp³-hybridized carbons (Fsp3) is 0.188. The standard InChI is InChI=1S/C16H15ClO3S/c1-11-6-7-16(12(2)8-11)21(19,20)10-15(18)13-4-3-5-14(17)9-13/h3-9H,10H2,1-2H3.